The van der Waals surface area contributed by atoms with Crippen LogP contribution < -0.4 is 0 Å². The number of rotatable bonds is 1. The van der Waals surface area contributed by atoms with Gasteiger partial charge in [0.05, 0.1) is 12.7 Å². The zero-order valence-electron chi connectivity index (χ0n) is 10.5. The van der Waals surface area contributed by atoms with Crippen molar-refractivity contribution in [3.8, 4) is 0 Å². The van der Waals surface area contributed by atoms with Crippen LogP contribution in [0.3, 0.4) is 0 Å². The van der Waals surface area contributed by atoms with Crippen molar-refractivity contribution in [1.82, 2.24) is 0 Å². The summed E-state index contributed by atoms with van der Waals surface area (Å²) in [6, 6.07) is 0. The standard InChI is InChI=1S/C14H20O2/c1-9-5-10-7-14(2,3)8-12(10)11(6-9)13(15)16-4/h6,8-10H,5,7H2,1-4H3. The average molecular weight is 220 g/mol. The molecule has 0 heterocycles. The molecule has 0 N–H and O–H groups in total. The van der Waals surface area contributed by atoms with Gasteiger partial charge in [0.1, 0.15) is 0 Å². The minimum Gasteiger partial charge on any atom is -0.465 e. The quantitative estimate of drug-likeness (QED) is 0.635. The van der Waals surface area contributed by atoms with E-state index in [1.807, 2.05) is 0 Å². The van der Waals surface area contributed by atoms with Crippen molar-refractivity contribution in [1.29, 1.82) is 0 Å². The third-order valence-electron chi connectivity index (χ3n) is 3.58. The molecule has 0 fully saturated rings. The predicted octanol–water partition coefficient (Wildman–Crippen LogP) is 3.10. The van der Waals surface area contributed by atoms with E-state index in [0.29, 0.717) is 11.8 Å². The number of ether oxygens (including phenoxy) is 1. The summed E-state index contributed by atoms with van der Waals surface area (Å²) in [4.78, 5) is 11.7. The van der Waals surface area contributed by atoms with Gasteiger partial charge >= 0.3 is 5.97 Å². The minimum absolute atomic E-state index is 0.180. The Morgan fingerprint density at radius 3 is 2.81 bits per heavy atom. The smallest absolute Gasteiger partial charge is 0.337 e. The Balaban J connectivity index is 2.37. The third-order valence-corrected chi connectivity index (χ3v) is 3.58. The van der Waals surface area contributed by atoms with Gasteiger partial charge in [-0.15, -0.1) is 0 Å². The first-order valence-corrected chi connectivity index (χ1v) is 5.96. The number of hydrogen-bond acceptors (Lipinski definition) is 2. The lowest BCUT2D eigenvalue weighted by Gasteiger charge is -2.26. The number of carbonyl (C=O) groups is 1. The number of carbonyl (C=O) groups excluding carboxylic acids is 1. The van der Waals surface area contributed by atoms with E-state index in [-0.39, 0.29) is 11.4 Å². The Bertz CT molecular complexity index is 374. The first-order valence-electron chi connectivity index (χ1n) is 5.96. The molecule has 0 spiro atoms. The number of hydrogen-bond donors (Lipinski definition) is 0. The Kier molecular flexibility index (Phi) is 2.69. The second-order valence-electron chi connectivity index (χ2n) is 5.77. The molecule has 0 aromatic heterocycles. The number of methoxy groups -OCH3 is 1. The van der Waals surface area contributed by atoms with Crippen LogP contribution in [0.1, 0.15) is 33.6 Å². The molecule has 0 amide bonds. The number of esters is 1. The summed E-state index contributed by atoms with van der Waals surface area (Å²) >= 11 is 0. The first kappa shape index (κ1) is 11.4. The van der Waals surface area contributed by atoms with E-state index < -0.39 is 0 Å². The summed E-state index contributed by atoms with van der Waals surface area (Å²) in [6.07, 6.45) is 6.64. The lowest BCUT2D eigenvalue weighted by Crippen LogP contribution is -2.19. The van der Waals surface area contributed by atoms with E-state index >= 15 is 0 Å². The van der Waals surface area contributed by atoms with E-state index in [1.165, 1.54) is 12.7 Å². The van der Waals surface area contributed by atoms with Crippen LogP contribution in [0, 0.1) is 17.3 Å². The highest BCUT2D eigenvalue weighted by Gasteiger charge is 2.38. The Morgan fingerprint density at radius 1 is 1.50 bits per heavy atom. The molecule has 2 aliphatic rings. The maximum Gasteiger partial charge on any atom is 0.337 e. The van der Waals surface area contributed by atoms with Crippen molar-refractivity contribution in [3.05, 3.63) is 23.3 Å². The highest BCUT2D eigenvalue weighted by Crippen LogP contribution is 2.47. The normalized spacial score (nSPS) is 31.5. The maximum atomic E-state index is 11.7. The fraction of sp³-hybridized carbons (Fsp3) is 0.643. The van der Waals surface area contributed by atoms with E-state index in [4.69, 9.17) is 4.74 Å². The van der Waals surface area contributed by atoms with Crippen molar-refractivity contribution in [2.24, 2.45) is 17.3 Å². The molecule has 2 aliphatic carbocycles. The second-order valence-corrected chi connectivity index (χ2v) is 5.77. The summed E-state index contributed by atoms with van der Waals surface area (Å²) in [7, 11) is 1.46. The van der Waals surface area contributed by atoms with Crippen LogP contribution in [0.25, 0.3) is 0 Å². The molecule has 2 heteroatoms. The molecule has 88 valence electrons. The van der Waals surface area contributed by atoms with Gasteiger partial charge in [-0.25, -0.2) is 4.79 Å². The van der Waals surface area contributed by atoms with E-state index in [1.54, 1.807) is 0 Å². The second kappa shape index (κ2) is 3.76. The monoisotopic (exact) mass is 220 g/mol. The lowest BCUT2D eigenvalue weighted by atomic mass is 9.79. The summed E-state index contributed by atoms with van der Waals surface area (Å²) in [6.45, 7) is 6.64. The van der Waals surface area contributed by atoms with Crippen molar-refractivity contribution >= 4 is 5.97 Å². The van der Waals surface area contributed by atoms with Gasteiger partial charge in [0.2, 0.25) is 0 Å². The molecular weight excluding hydrogens is 200 g/mol. The first-order chi connectivity index (χ1) is 7.43. The fourth-order valence-corrected chi connectivity index (χ4v) is 3.04. The SMILES string of the molecule is COC(=O)C1=CC(C)CC2CC(C)(C)C=C12. The van der Waals surface area contributed by atoms with Gasteiger partial charge in [-0.3, -0.25) is 0 Å². The average Bonchev–Trinajstić information content (AvgIpc) is 2.49. The fourth-order valence-electron chi connectivity index (χ4n) is 3.04. The molecule has 0 aromatic carbocycles. The van der Waals surface area contributed by atoms with Gasteiger partial charge in [-0.05, 0) is 35.7 Å². The Morgan fingerprint density at radius 2 is 2.19 bits per heavy atom. The number of allylic oxidation sites excluding steroid dienone is 2. The molecule has 0 aromatic rings. The predicted molar refractivity (Wildman–Crippen MR) is 63.9 cm³/mol. The summed E-state index contributed by atoms with van der Waals surface area (Å²) in [5.74, 6) is 0.842. The van der Waals surface area contributed by atoms with E-state index in [2.05, 4.69) is 32.9 Å². The van der Waals surface area contributed by atoms with Crippen LogP contribution in [0.2, 0.25) is 0 Å². The molecule has 2 unspecified atom stereocenters. The molecule has 2 rings (SSSR count). The number of fused-ring (bicyclic) bond motifs is 1. The topological polar surface area (TPSA) is 26.3 Å². The molecule has 2 nitrogen and oxygen atoms in total. The molecular formula is C14H20O2. The van der Waals surface area contributed by atoms with E-state index in [0.717, 1.165) is 18.4 Å². The largest absolute Gasteiger partial charge is 0.465 e. The Labute approximate surface area is 97.4 Å². The van der Waals surface area contributed by atoms with Gasteiger partial charge in [0, 0.05) is 0 Å². The van der Waals surface area contributed by atoms with Crippen LogP contribution >= 0.6 is 0 Å². The molecule has 16 heavy (non-hydrogen) atoms. The summed E-state index contributed by atoms with van der Waals surface area (Å²) in [5.41, 5.74) is 2.24. The summed E-state index contributed by atoms with van der Waals surface area (Å²) in [5, 5.41) is 0. The molecule has 0 bridgehead atoms. The van der Waals surface area contributed by atoms with Crippen LogP contribution in [-0.2, 0) is 9.53 Å². The van der Waals surface area contributed by atoms with Crippen LogP contribution in [0.4, 0.5) is 0 Å². The van der Waals surface area contributed by atoms with Crippen molar-refractivity contribution < 1.29 is 9.53 Å². The minimum atomic E-state index is -0.180. The van der Waals surface area contributed by atoms with Crippen LogP contribution in [0.5, 0.6) is 0 Å². The zero-order valence-corrected chi connectivity index (χ0v) is 10.5. The van der Waals surface area contributed by atoms with E-state index in [9.17, 15) is 4.79 Å². The van der Waals surface area contributed by atoms with Gasteiger partial charge in [0.25, 0.3) is 0 Å². The molecule has 0 aliphatic heterocycles. The molecule has 0 saturated carbocycles. The van der Waals surface area contributed by atoms with Crippen LogP contribution in [0.15, 0.2) is 23.3 Å². The summed E-state index contributed by atoms with van der Waals surface area (Å²) < 4.78 is 4.87. The van der Waals surface area contributed by atoms with Crippen LogP contribution in [-0.4, -0.2) is 13.1 Å². The van der Waals surface area contributed by atoms with Gasteiger partial charge in [0.15, 0.2) is 0 Å². The van der Waals surface area contributed by atoms with Crippen molar-refractivity contribution in [2.45, 2.75) is 33.6 Å². The third kappa shape index (κ3) is 1.93. The molecule has 2 atom stereocenters. The molecule has 0 radical (unpaired) electrons. The van der Waals surface area contributed by atoms with Gasteiger partial charge < -0.3 is 4.74 Å². The van der Waals surface area contributed by atoms with Gasteiger partial charge in [-0.2, -0.15) is 0 Å². The maximum absolute atomic E-state index is 11.7. The Hall–Kier alpha value is -1.05. The van der Waals surface area contributed by atoms with Crippen molar-refractivity contribution in [2.75, 3.05) is 7.11 Å². The lowest BCUT2D eigenvalue weighted by molar-refractivity contribution is -0.136. The zero-order chi connectivity index (χ0) is 11.9. The highest BCUT2D eigenvalue weighted by molar-refractivity contribution is 5.94. The van der Waals surface area contributed by atoms with Crippen molar-refractivity contribution in [3.63, 3.8) is 0 Å². The molecule has 0 saturated heterocycles. The highest BCUT2D eigenvalue weighted by atomic mass is 16.5. The van der Waals surface area contributed by atoms with Gasteiger partial charge in [-0.1, -0.05) is 32.9 Å².